The average Bonchev–Trinajstić information content (AvgIpc) is 2.92. The van der Waals surface area contributed by atoms with E-state index < -0.39 is 0 Å². The number of carbonyl (C=O) groups excluding carboxylic acids is 2. The Morgan fingerprint density at radius 1 is 1.12 bits per heavy atom. The van der Waals surface area contributed by atoms with Gasteiger partial charge in [0, 0.05) is 30.7 Å². The molecule has 1 aromatic rings. The number of nitrogens with zero attached hydrogens (tertiary/aromatic N) is 1. The van der Waals surface area contributed by atoms with Gasteiger partial charge in [0.2, 0.25) is 5.91 Å². The number of Topliss-reactive ketones (excluding diaryl/α,β-unsaturated/α-hetero) is 1. The predicted octanol–water partition coefficient (Wildman–Crippen LogP) is 2.77. The van der Waals surface area contributed by atoms with E-state index in [2.05, 4.69) is 5.32 Å². The van der Waals surface area contributed by atoms with Gasteiger partial charge in [0.1, 0.15) is 0 Å². The summed E-state index contributed by atoms with van der Waals surface area (Å²) in [6.07, 6.45) is 4.60. The lowest BCUT2D eigenvalue weighted by atomic mass is 9.98. The molecule has 3 rings (SSSR count). The number of hydrogen-bond acceptors (Lipinski definition) is 4. The molecule has 1 amide bonds. The molecule has 2 aliphatic rings. The molecule has 2 unspecified atom stereocenters. The van der Waals surface area contributed by atoms with Crippen LogP contribution in [0.1, 0.15) is 36.0 Å². The van der Waals surface area contributed by atoms with Gasteiger partial charge in [0.05, 0.1) is 11.5 Å². The number of halogens is 1. The monoisotopic (exact) mass is 368 g/mol. The second kappa shape index (κ2) is 8.88. The van der Waals surface area contributed by atoms with E-state index in [1.165, 1.54) is 24.6 Å². The molecule has 1 aromatic carbocycles. The van der Waals surface area contributed by atoms with Gasteiger partial charge in [-0.15, -0.1) is 24.2 Å². The summed E-state index contributed by atoms with van der Waals surface area (Å²) in [5.74, 6) is 0.975. The van der Waals surface area contributed by atoms with E-state index in [1.54, 1.807) is 0 Å². The van der Waals surface area contributed by atoms with E-state index in [1.807, 2.05) is 42.3 Å². The summed E-state index contributed by atoms with van der Waals surface area (Å²) in [5, 5.41) is 3.60. The van der Waals surface area contributed by atoms with Crippen LogP contribution in [0.5, 0.6) is 0 Å². The molecule has 2 saturated heterocycles. The number of amides is 1. The maximum atomic E-state index is 12.4. The number of fused-ring (bicyclic) bond motifs is 2. The quantitative estimate of drug-likeness (QED) is 0.784. The standard InChI is InChI=1S/C18H24N2O2S.ClH/c1-20(16-9-14-7-8-15(10-16)19-14)18(22)12-23-11-17(21)13-5-3-2-4-6-13;/h2-6,14-16,19H,7-12H2,1H3;1H. The zero-order valence-corrected chi connectivity index (χ0v) is 15.6. The highest BCUT2D eigenvalue weighted by Gasteiger charge is 2.36. The summed E-state index contributed by atoms with van der Waals surface area (Å²) in [7, 11) is 1.91. The van der Waals surface area contributed by atoms with Crippen molar-refractivity contribution < 1.29 is 9.59 Å². The number of carbonyl (C=O) groups is 2. The number of benzene rings is 1. The molecular formula is C18H25ClN2O2S. The summed E-state index contributed by atoms with van der Waals surface area (Å²) in [6, 6.07) is 10.8. The molecule has 4 nitrogen and oxygen atoms in total. The van der Waals surface area contributed by atoms with Gasteiger partial charge in [-0.1, -0.05) is 30.3 Å². The number of thioether (sulfide) groups is 1. The van der Waals surface area contributed by atoms with E-state index in [0.717, 1.165) is 18.4 Å². The lowest BCUT2D eigenvalue weighted by Crippen LogP contribution is -2.49. The first-order chi connectivity index (χ1) is 11.1. The fourth-order valence-corrected chi connectivity index (χ4v) is 4.42. The predicted molar refractivity (Wildman–Crippen MR) is 101 cm³/mol. The summed E-state index contributed by atoms with van der Waals surface area (Å²) >= 11 is 1.42. The van der Waals surface area contributed by atoms with E-state index in [4.69, 9.17) is 0 Å². The zero-order chi connectivity index (χ0) is 16.2. The van der Waals surface area contributed by atoms with Gasteiger partial charge in [-0.05, 0) is 25.7 Å². The largest absolute Gasteiger partial charge is 0.342 e. The number of piperidine rings is 1. The SMILES string of the molecule is CN(C(=O)CSCC(=O)c1ccccc1)C1CC2CCC(C1)N2.Cl. The topological polar surface area (TPSA) is 49.4 Å². The summed E-state index contributed by atoms with van der Waals surface area (Å²) < 4.78 is 0. The molecular weight excluding hydrogens is 344 g/mol. The Labute approximate surface area is 154 Å². The Hall–Kier alpha value is -1.04. The van der Waals surface area contributed by atoms with Crippen LogP contribution in [0.3, 0.4) is 0 Å². The Morgan fingerprint density at radius 3 is 2.38 bits per heavy atom. The number of nitrogens with one attached hydrogen (secondary N) is 1. The third-order valence-electron chi connectivity index (χ3n) is 4.94. The van der Waals surface area contributed by atoms with Gasteiger partial charge < -0.3 is 10.2 Å². The van der Waals surface area contributed by atoms with Gasteiger partial charge in [-0.25, -0.2) is 0 Å². The third kappa shape index (κ3) is 4.74. The smallest absolute Gasteiger partial charge is 0.232 e. The molecule has 24 heavy (non-hydrogen) atoms. The fourth-order valence-electron chi connectivity index (χ4n) is 3.59. The van der Waals surface area contributed by atoms with Crippen molar-refractivity contribution >= 4 is 35.9 Å². The molecule has 132 valence electrons. The molecule has 0 spiro atoms. The van der Waals surface area contributed by atoms with Crippen molar-refractivity contribution in [1.82, 2.24) is 10.2 Å². The van der Waals surface area contributed by atoms with Crippen molar-refractivity contribution in [2.75, 3.05) is 18.6 Å². The molecule has 1 N–H and O–H groups in total. The van der Waals surface area contributed by atoms with Crippen molar-refractivity contribution in [2.45, 2.75) is 43.8 Å². The van der Waals surface area contributed by atoms with Crippen LogP contribution in [0, 0.1) is 0 Å². The highest BCUT2D eigenvalue weighted by molar-refractivity contribution is 8.00. The van der Waals surface area contributed by atoms with E-state index >= 15 is 0 Å². The molecule has 0 saturated carbocycles. The Balaban J connectivity index is 0.00000208. The van der Waals surface area contributed by atoms with E-state index in [-0.39, 0.29) is 24.1 Å². The van der Waals surface area contributed by atoms with Crippen LogP contribution < -0.4 is 5.32 Å². The van der Waals surface area contributed by atoms with E-state index in [9.17, 15) is 9.59 Å². The van der Waals surface area contributed by atoms with Crippen molar-refractivity contribution in [1.29, 1.82) is 0 Å². The van der Waals surface area contributed by atoms with Crippen molar-refractivity contribution in [3.8, 4) is 0 Å². The maximum absolute atomic E-state index is 12.4. The first-order valence-electron chi connectivity index (χ1n) is 8.31. The Kier molecular flexibility index (Phi) is 7.14. The highest BCUT2D eigenvalue weighted by atomic mass is 35.5. The van der Waals surface area contributed by atoms with Crippen LogP contribution >= 0.6 is 24.2 Å². The molecule has 2 aliphatic heterocycles. The van der Waals surface area contributed by atoms with Gasteiger partial charge in [0.15, 0.2) is 5.78 Å². The van der Waals surface area contributed by atoms with Crippen LogP contribution in [-0.4, -0.2) is 53.3 Å². The molecule has 2 fully saturated rings. The normalized spacial score (nSPS) is 25.0. The number of hydrogen-bond donors (Lipinski definition) is 1. The van der Waals surface area contributed by atoms with Gasteiger partial charge in [0.25, 0.3) is 0 Å². The lowest BCUT2D eigenvalue weighted by molar-refractivity contribution is -0.129. The lowest BCUT2D eigenvalue weighted by Gasteiger charge is -2.35. The van der Waals surface area contributed by atoms with Crippen LogP contribution in [-0.2, 0) is 4.79 Å². The minimum Gasteiger partial charge on any atom is -0.342 e. The molecule has 2 heterocycles. The van der Waals surface area contributed by atoms with Gasteiger partial charge in [-0.2, -0.15) is 0 Å². The average molecular weight is 369 g/mol. The minimum atomic E-state index is 0. The van der Waals surface area contributed by atoms with Crippen molar-refractivity contribution in [3.63, 3.8) is 0 Å². The van der Waals surface area contributed by atoms with Crippen molar-refractivity contribution in [2.24, 2.45) is 0 Å². The second-order valence-electron chi connectivity index (χ2n) is 6.55. The summed E-state index contributed by atoms with van der Waals surface area (Å²) in [4.78, 5) is 26.3. The summed E-state index contributed by atoms with van der Waals surface area (Å²) in [5.41, 5.74) is 0.718. The first kappa shape index (κ1) is 19.3. The fraction of sp³-hybridized carbons (Fsp3) is 0.556. The molecule has 0 radical (unpaired) electrons. The first-order valence-corrected chi connectivity index (χ1v) is 9.46. The molecule has 2 bridgehead atoms. The van der Waals surface area contributed by atoms with Crippen LogP contribution in [0.25, 0.3) is 0 Å². The second-order valence-corrected chi connectivity index (χ2v) is 7.54. The maximum Gasteiger partial charge on any atom is 0.232 e. The minimum absolute atomic E-state index is 0. The Morgan fingerprint density at radius 2 is 1.75 bits per heavy atom. The highest BCUT2D eigenvalue weighted by Crippen LogP contribution is 2.29. The zero-order valence-electron chi connectivity index (χ0n) is 13.9. The molecule has 0 aromatic heterocycles. The Bertz CT molecular complexity index is 557. The van der Waals surface area contributed by atoms with Crippen molar-refractivity contribution in [3.05, 3.63) is 35.9 Å². The van der Waals surface area contributed by atoms with Gasteiger partial charge >= 0.3 is 0 Å². The van der Waals surface area contributed by atoms with Gasteiger partial charge in [-0.3, -0.25) is 9.59 Å². The number of ketones is 1. The van der Waals surface area contributed by atoms with Crippen LogP contribution in [0.15, 0.2) is 30.3 Å². The van der Waals surface area contributed by atoms with E-state index in [0.29, 0.717) is 29.6 Å². The molecule has 6 heteroatoms. The van der Waals surface area contributed by atoms with Crippen LogP contribution in [0.2, 0.25) is 0 Å². The molecule has 2 atom stereocenters. The molecule has 0 aliphatic carbocycles. The van der Waals surface area contributed by atoms with Crippen LogP contribution in [0.4, 0.5) is 0 Å². The number of rotatable bonds is 6. The third-order valence-corrected chi connectivity index (χ3v) is 5.86. The summed E-state index contributed by atoms with van der Waals surface area (Å²) in [6.45, 7) is 0.